The molecular weight excluding hydrogens is 282 g/mol. The maximum absolute atomic E-state index is 12.3. The summed E-state index contributed by atoms with van der Waals surface area (Å²) in [5, 5.41) is 5.65. The van der Waals surface area contributed by atoms with Crippen molar-refractivity contribution in [1.82, 2.24) is 4.90 Å². The van der Waals surface area contributed by atoms with Crippen LogP contribution in [0, 0.1) is 6.92 Å². The van der Waals surface area contributed by atoms with E-state index in [0.717, 1.165) is 12.0 Å². The topological polar surface area (TPSA) is 70.7 Å². The Bertz CT molecular complexity index is 529. The highest BCUT2D eigenvalue weighted by atomic mass is 16.5. The van der Waals surface area contributed by atoms with Crippen LogP contribution in [-0.4, -0.2) is 50.6 Å². The third kappa shape index (κ3) is 5.13. The lowest BCUT2D eigenvalue weighted by Crippen LogP contribution is -2.39. The van der Waals surface area contributed by atoms with Crippen LogP contribution in [0.25, 0.3) is 0 Å². The molecule has 0 bridgehead atoms. The molecule has 0 fully saturated rings. The van der Waals surface area contributed by atoms with Gasteiger partial charge in [-0.05, 0) is 45.1 Å². The van der Waals surface area contributed by atoms with Gasteiger partial charge in [0.2, 0.25) is 11.8 Å². The van der Waals surface area contributed by atoms with E-state index in [-0.39, 0.29) is 24.5 Å². The van der Waals surface area contributed by atoms with Gasteiger partial charge in [-0.1, -0.05) is 13.0 Å². The summed E-state index contributed by atoms with van der Waals surface area (Å²) in [5.74, 6) is -0.292. The van der Waals surface area contributed by atoms with Crippen LogP contribution in [-0.2, 0) is 14.3 Å². The lowest BCUT2D eigenvalue weighted by atomic mass is 10.1. The number of carbonyl (C=O) groups is 2. The molecule has 122 valence electrons. The van der Waals surface area contributed by atoms with Crippen molar-refractivity contribution < 1.29 is 14.3 Å². The number of hydrogen-bond donors (Lipinski definition) is 2. The van der Waals surface area contributed by atoms with Gasteiger partial charge in [0.25, 0.3) is 0 Å². The van der Waals surface area contributed by atoms with Gasteiger partial charge in [0, 0.05) is 18.5 Å². The summed E-state index contributed by atoms with van der Waals surface area (Å²) < 4.78 is 4.78. The number of hydrogen-bond acceptors (Lipinski definition) is 4. The van der Waals surface area contributed by atoms with E-state index in [2.05, 4.69) is 10.6 Å². The average Bonchev–Trinajstić information content (AvgIpc) is 2.43. The third-order valence-corrected chi connectivity index (χ3v) is 3.37. The number of carbonyl (C=O) groups excluding carboxylic acids is 2. The first-order valence-corrected chi connectivity index (χ1v) is 7.25. The Balaban J connectivity index is 2.86. The molecule has 0 aliphatic carbocycles. The molecule has 0 saturated carbocycles. The molecule has 6 heteroatoms. The minimum atomic E-state index is -0.233. The monoisotopic (exact) mass is 307 g/mol. The fourth-order valence-electron chi connectivity index (χ4n) is 2.16. The summed E-state index contributed by atoms with van der Waals surface area (Å²) >= 11 is 0. The van der Waals surface area contributed by atoms with Gasteiger partial charge in [0.15, 0.2) is 0 Å². The number of likely N-dealkylation sites (N-methyl/N-ethyl adjacent to an activating group) is 1. The predicted octanol–water partition coefficient (Wildman–Crippen LogP) is 1.86. The number of aryl methyl sites for hydroxylation is 1. The molecule has 0 heterocycles. The van der Waals surface area contributed by atoms with E-state index in [1.54, 1.807) is 12.1 Å². The Hall–Kier alpha value is -1.92. The van der Waals surface area contributed by atoms with Crippen molar-refractivity contribution in [2.75, 3.05) is 38.4 Å². The standard InChI is InChI=1S/C16H25N3O3/c1-6-14(19(3)4)16(21)18-13-9-12(8-7-11(13)2)17-15(20)10-22-5/h7-9,14H,6,10H2,1-5H3,(H,17,20)(H,18,21). The molecule has 0 aromatic heterocycles. The maximum Gasteiger partial charge on any atom is 0.250 e. The Labute approximate surface area is 131 Å². The van der Waals surface area contributed by atoms with Gasteiger partial charge in [0.05, 0.1) is 6.04 Å². The van der Waals surface area contributed by atoms with Gasteiger partial charge in [0.1, 0.15) is 6.61 Å². The van der Waals surface area contributed by atoms with Gasteiger partial charge in [-0.3, -0.25) is 14.5 Å². The fourth-order valence-corrected chi connectivity index (χ4v) is 2.16. The van der Waals surface area contributed by atoms with Crippen molar-refractivity contribution in [3.63, 3.8) is 0 Å². The van der Waals surface area contributed by atoms with Crippen LogP contribution < -0.4 is 10.6 Å². The van der Waals surface area contributed by atoms with Crippen molar-refractivity contribution in [1.29, 1.82) is 0 Å². The normalized spacial score (nSPS) is 12.1. The molecule has 0 radical (unpaired) electrons. The summed E-state index contributed by atoms with van der Waals surface area (Å²) in [7, 11) is 5.22. The lowest BCUT2D eigenvalue weighted by molar-refractivity contribution is -0.120. The second-order valence-corrected chi connectivity index (χ2v) is 5.39. The zero-order valence-electron chi connectivity index (χ0n) is 13.9. The number of ether oxygens (including phenoxy) is 1. The summed E-state index contributed by atoms with van der Waals surface area (Å²) in [6.45, 7) is 3.87. The highest BCUT2D eigenvalue weighted by molar-refractivity contribution is 5.97. The Morgan fingerprint density at radius 1 is 1.27 bits per heavy atom. The number of rotatable bonds is 7. The summed E-state index contributed by atoms with van der Waals surface area (Å²) in [6, 6.07) is 5.21. The summed E-state index contributed by atoms with van der Waals surface area (Å²) in [6.07, 6.45) is 0.724. The number of nitrogens with zero attached hydrogens (tertiary/aromatic N) is 1. The molecule has 1 aromatic carbocycles. The molecule has 1 aromatic rings. The van der Waals surface area contributed by atoms with Crippen molar-refractivity contribution in [3.8, 4) is 0 Å². The van der Waals surface area contributed by atoms with E-state index in [4.69, 9.17) is 4.74 Å². The number of benzene rings is 1. The zero-order chi connectivity index (χ0) is 16.7. The van der Waals surface area contributed by atoms with Crippen molar-refractivity contribution in [3.05, 3.63) is 23.8 Å². The second-order valence-electron chi connectivity index (χ2n) is 5.39. The molecule has 22 heavy (non-hydrogen) atoms. The number of amides is 2. The number of methoxy groups -OCH3 is 1. The van der Waals surface area contributed by atoms with Crippen LogP contribution in [0.3, 0.4) is 0 Å². The van der Waals surface area contributed by atoms with E-state index in [9.17, 15) is 9.59 Å². The lowest BCUT2D eigenvalue weighted by Gasteiger charge is -2.22. The highest BCUT2D eigenvalue weighted by Gasteiger charge is 2.19. The number of nitrogens with one attached hydrogen (secondary N) is 2. The molecule has 0 aliphatic heterocycles. The fraction of sp³-hybridized carbons (Fsp3) is 0.500. The van der Waals surface area contributed by atoms with Crippen molar-refractivity contribution >= 4 is 23.2 Å². The van der Waals surface area contributed by atoms with Crippen LogP contribution in [0.5, 0.6) is 0 Å². The minimum Gasteiger partial charge on any atom is -0.375 e. The smallest absolute Gasteiger partial charge is 0.250 e. The average molecular weight is 307 g/mol. The van der Waals surface area contributed by atoms with Crippen LogP contribution in [0.4, 0.5) is 11.4 Å². The molecule has 1 rings (SSSR count). The molecule has 1 atom stereocenters. The predicted molar refractivity (Wildman–Crippen MR) is 88.1 cm³/mol. The summed E-state index contributed by atoms with van der Waals surface area (Å²) in [4.78, 5) is 25.7. The molecular formula is C16H25N3O3. The largest absolute Gasteiger partial charge is 0.375 e. The highest BCUT2D eigenvalue weighted by Crippen LogP contribution is 2.21. The van der Waals surface area contributed by atoms with Gasteiger partial charge >= 0.3 is 0 Å². The molecule has 2 N–H and O–H groups in total. The molecule has 0 saturated heterocycles. The maximum atomic E-state index is 12.3. The molecule has 1 unspecified atom stereocenters. The van der Waals surface area contributed by atoms with E-state index in [1.165, 1.54) is 7.11 Å². The van der Waals surface area contributed by atoms with Crippen molar-refractivity contribution in [2.24, 2.45) is 0 Å². The Kier molecular flexibility index (Phi) is 7.01. The number of anilines is 2. The van der Waals surface area contributed by atoms with Gasteiger partial charge in [-0.15, -0.1) is 0 Å². The van der Waals surface area contributed by atoms with Crippen LogP contribution >= 0.6 is 0 Å². The van der Waals surface area contributed by atoms with E-state index in [1.807, 2.05) is 38.9 Å². The van der Waals surface area contributed by atoms with Gasteiger partial charge in [-0.25, -0.2) is 0 Å². The van der Waals surface area contributed by atoms with E-state index < -0.39 is 0 Å². The van der Waals surface area contributed by atoms with Crippen molar-refractivity contribution in [2.45, 2.75) is 26.3 Å². The minimum absolute atomic E-state index is 0.00585. The molecule has 0 spiro atoms. The van der Waals surface area contributed by atoms with Crippen LogP contribution in [0.1, 0.15) is 18.9 Å². The summed E-state index contributed by atoms with van der Waals surface area (Å²) in [5.41, 5.74) is 2.26. The van der Waals surface area contributed by atoms with E-state index in [0.29, 0.717) is 11.4 Å². The van der Waals surface area contributed by atoms with Gasteiger partial charge < -0.3 is 15.4 Å². The molecule has 6 nitrogen and oxygen atoms in total. The van der Waals surface area contributed by atoms with Gasteiger partial charge in [-0.2, -0.15) is 0 Å². The van der Waals surface area contributed by atoms with E-state index >= 15 is 0 Å². The van der Waals surface area contributed by atoms with Crippen LogP contribution in [0.15, 0.2) is 18.2 Å². The quantitative estimate of drug-likeness (QED) is 0.806. The first-order chi connectivity index (χ1) is 10.4. The van der Waals surface area contributed by atoms with Crippen LogP contribution in [0.2, 0.25) is 0 Å². The zero-order valence-corrected chi connectivity index (χ0v) is 13.9. The second kappa shape index (κ2) is 8.51. The first kappa shape index (κ1) is 18.1. The molecule has 0 aliphatic rings. The Morgan fingerprint density at radius 3 is 2.50 bits per heavy atom. The third-order valence-electron chi connectivity index (χ3n) is 3.37. The molecule has 2 amide bonds. The Morgan fingerprint density at radius 2 is 1.95 bits per heavy atom. The first-order valence-electron chi connectivity index (χ1n) is 7.25. The SMILES string of the molecule is CCC(C(=O)Nc1cc(NC(=O)COC)ccc1C)N(C)C.